The third kappa shape index (κ3) is 4.98. The van der Waals surface area contributed by atoms with Crippen LogP contribution in [0.4, 0.5) is 5.69 Å². The lowest BCUT2D eigenvalue weighted by Gasteiger charge is -2.34. The van der Waals surface area contributed by atoms with Crippen LogP contribution in [-0.4, -0.2) is 40.1 Å². The molecule has 0 radical (unpaired) electrons. The number of carbonyl (C=O) groups is 1. The van der Waals surface area contributed by atoms with Crippen molar-refractivity contribution in [2.45, 2.75) is 24.8 Å². The molecule has 9 heteroatoms. The Kier molecular flexibility index (Phi) is 7.00. The van der Waals surface area contributed by atoms with E-state index in [2.05, 4.69) is 5.32 Å². The number of nitrogens with one attached hydrogen (secondary N) is 1. The fourth-order valence-electron chi connectivity index (χ4n) is 3.63. The molecule has 1 amide bonds. The summed E-state index contributed by atoms with van der Waals surface area (Å²) in [6.45, 7) is 4.34. The molecule has 0 spiro atoms. The molecule has 1 N–H and O–H groups in total. The number of benzene rings is 3. The van der Waals surface area contributed by atoms with Crippen LogP contribution < -0.4 is 19.1 Å². The monoisotopic (exact) mass is 500 g/mol. The van der Waals surface area contributed by atoms with Crippen molar-refractivity contribution < 1.29 is 22.7 Å². The number of amides is 1. The molecule has 0 aliphatic carbocycles. The van der Waals surface area contributed by atoms with Gasteiger partial charge in [-0.3, -0.25) is 9.10 Å². The van der Waals surface area contributed by atoms with Crippen molar-refractivity contribution in [1.82, 2.24) is 5.32 Å². The number of anilines is 1. The molecule has 1 aliphatic rings. The number of fused-ring (bicyclic) bond motifs is 1. The topological polar surface area (TPSA) is 84.9 Å². The van der Waals surface area contributed by atoms with Gasteiger partial charge >= 0.3 is 0 Å². The van der Waals surface area contributed by atoms with Crippen LogP contribution in [0, 0.1) is 13.8 Å². The second kappa shape index (κ2) is 9.95. The molecular weight excluding hydrogens is 476 g/mol. The number of rotatable bonds is 7. The summed E-state index contributed by atoms with van der Waals surface area (Å²) in [5.41, 5.74) is 2.54. The molecule has 0 bridgehead atoms. The van der Waals surface area contributed by atoms with Gasteiger partial charge in [-0.25, -0.2) is 8.42 Å². The predicted molar refractivity (Wildman–Crippen MR) is 131 cm³/mol. The Morgan fingerprint density at radius 2 is 1.82 bits per heavy atom. The van der Waals surface area contributed by atoms with E-state index < -0.39 is 22.0 Å². The van der Waals surface area contributed by atoms with Gasteiger partial charge in [0.25, 0.3) is 15.9 Å². The summed E-state index contributed by atoms with van der Waals surface area (Å²) < 4.78 is 39.6. The highest BCUT2D eigenvalue weighted by Gasteiger charge is 2.37. The number of hydrogen-bond donors (Lipinski definition) is 1. The van der Waals surface area contributed by atoms with Crippen LogP contribution in [-0.2, 0) is 14.8 Å². The van der Waals surface area contributed by atoms with E-state index in [0.717, 1.165) is 16.9 Å². The van der Waals surface area contributed by atoms with Crippen LogP contribution in [0.2, 0.25) is 5.02 Å². The average Bonchev–Trinajstić information content (AvgIpc) is 2.83. The Bertz CT molecular complexity index is 1290. The lowest BCUT2D eigenvalue weighted by molar-refractivity contribution is -0.127. The van der Waals surface area contributed by atoms with Gasteiger partial charge in [0.2, 0.25) is 0 Å². The van der Waals surface area contributed by atoms with Gasteiger partial charge in [-0.2, -0.15) is 0 Å². The third-order valence-electron chi connectivity index (χ3n) is 5.64. The maximum absolute atomic E-state index is 13.4. The Hall–Kier alpha value is -3.23. The molecule has 1 aliphatic heterocycles. The smallest absolute Gasteiger partial charge is 0.264 e. The number of carbonyl (C=O) groups excluding carboxylic acids is 1. The first kappa shape index (κ1) is 23.9. The first-order valence-corrected chi connectivity index (χ1v) is 12.6. The van der Waals surface area contributed by atoms with Crippen molar-refractivity contribution in [3.63, 3.8) is 0 Å². The molecule has 4 rings (SSSR count). The molecule has 7 nitrogen and oxygen atoms in total. The molecule has 0 saturated carbocycles. The summed E-state index contributed by atoms with van der Waals surface area (Å²) in [5, 5.41) is 3.21. The number of sulfonamides is 1. The highest BCUT2D eigenvalue weighted by Crippen LogP contribution is 2.37. The number of para-hydroxylation sites is 2. The van der Waals surface area contributed by atoms with Gasteiger partial charge in [-0.1, -0.05) is 35.9 Å². The van der Waals surface area contributed by atoms with Crippen molar-refractivity contribution in [3.05, 3.63) is 82.9 Å². The van der Waals surface area contributed by atoms with Crippen LogP contribution in [0.25, 0.3) is 0 Å². The van der Waals surface area contributed by atoms with E-state index in [1.54, 1.807) is 24.3 Å². The summed E-state index contributed by atoms with van der Waals surface area (Å²) in [6.07, 6.45) is -1.02. The molecule has 1 heterocycles. The van der Waals surface area contributed by atoms with Gasteiger partial charge in [0.05, 0.1) is 23.7 Å². The Morgan fingerprint density at radius 1 is 1.09 bits per heavy atom. The standard InChI is InChI=1S/C25H25ClN2O5S/c1-17-6-5-9-22(18(17)2)32-15-14-27-25(29)24-16-28(21-7-3-4-8-23(21)33-24)34(30,31)20-12-10-19(26)11-13-20/h3-13,24H,14-16H2,1-2H3,(H,27,29)/t24-/m1/s1. The molecule has 0 saturated heterocycles. The van der Waals surface area contributed by atoms with E-state index in [1.807, 2.05) is 32.0 Å². The Labute approximate surface area is 204 Å². The molecular formula is C25H25ClN2O5S. The minimum absolute atomic E-state index is 0.0784. The first-order valence-electron chi connectivity index (χ1n) is 10.8. The van der Waals surface area contributed by atoms with Gasteiger partial charge in [-0.15, -0.1) is 0 Å². The Balaban J connectivity index is 1.46. The van der Waals surface area contributed by atoms with Crippen molar-refractivity contribution in [1.29, 1.82) is 0 Å². The quantitative estimate of drug-likeness (QED) is 0.493. The summed E-state index contributed by atoms with van der Waals surface area (Å²) >= 11 is 5.92. The first-order chi connectivity index (χ1) is 16.3. The average molecular weight is 501 g/mol. The second-order valence-electron chi connectivity index (χ2n) is 7.90. The summed E-state index contributed by atoms with van der Waals surface area (Å²) in [6, 6.07) is 18.4. The maximum Gasteiger partial charge on any atom is 0.264 e. The lowest BCUT2D eigenvalue weighted by atomic mass is 10.1. The number of halogens is 1. The molecule has 0 unspecified atom stereocenters. The number of ether oxygens (including phenoxy) is 2. The van der Waals surface area contributed by atoms with E-state index >= 15 is 0 Å². The van der Waals surface area contributed by atoms with Crippen molar-refractivity contribution in [2.24, 2.45) is 0 Å². The highest BCUT2D eigenvalue weighted by molar-refractivity contribution is 7.92. The summed E-state index contributed by atoms with van der Waals surface area (Å²) in [4.78, 5) is 12.9. The van der Waals surface area contributed by atoms with E-state index in [4.69, 9.17) is 21.1 Å². The van der Waals surface area contributed by atoms with E-state index in [0.29, 0.717) is 16.5 Å². The van der Waals surface area contributed by atoms with Gasteiger partial charge < -0.3 is 14.8 Å². The fraction of sp³-hybridized carbons (Fsp3) is 0.240. The molecule has 178 valence electrons. The normalized spacial score (nSPS) is 15.3. The number of nitrogens with zero attached hydrogens (tertiary/aromatic N) is 1. The van der Waals surface area contributed by atoms with Gasteiger partial charge in [0.1, 0.15) is 18.1 Å². The minimum Gasteiger partial charge on any atom is -0.491 e. The van der Waals surface area contributed by atoms with Crippen molar-refractivity contribution in [2.75, 3.05) is 24.0 Å². The SMILES string of the molecule is Cc1cccc(OCCNC(=O)[C@H]2CN(S(=O)(=O)c3ccc(Cl)cc3)c3ccccc3O2)c1C. The number of aryl methyl sites for hydroxylation is 1. The Morgan fingerprint density at radius 3 is 2.59 bits per heavy atom. The van der Waals surface area contributed by atoms with Crippen LogP contribution in [0.5, 0.6) is 11.5 Å². The van der Waals surface area contributed by atoms with Crippen LogP contribution >= 0.6 is 11.6 Å². The third-order valence-corrected chi connectivity index (χ3v) is 7.69. The zero-order chi connectivity index (χ0) is 24.3. The molecule has 1 atom stereocenters. The van der Waals surface area contributed by atoms with Crippen LogP contribution in [0.15, 0.2) is 71.6 Å². The summed E-state index contributed by atoms with van der Waals surface area (Å²) in [5.74, 6) is 0.658. The van der Waals surface area contributed by atoms with Crippen LogP contribution in [0.1, 0.15) is 11.1 Å². The van der Waals surface area contributed by atoms with Gasteiger partial charge in [0.15, 0.2) is 6.10 Å². The second-order valence-corrected chi connectivity index (χ2v) is 10.2. The van der Waals surface area contributed by atoms with E-state index in [-0.39, 0.29) is 24.6 Å². The maximum atomic E-state index is 13.4. The van der Waals surface area contributed by atoms with Gasteiger partial charge in [0, 0.05) is 5.02 Å². The van der Waals surface area contributed by atoms with Crippen molar-refractivity contribution >= 4 is 33.2 Å². The van der Waals surface area contributed by atoms with E-state index in [9.17, 15) is 13.2 Å². The van der Waals surface area contributed by atoms with E-state index in [1.165, 1.54) is 28.6 Å². The van der Waals surface area contributed by atoms with Crippen LogP contribution in [0.3, 0.4) is 0 Å². The lowest BCUT2D eigenvalue weighted by Crippen LogP contribution is -2.51. The molecule has 34 heavy (non-hydrogen) atoms. The zero-order valence-corrected chi connectivity index (χ0v) is 20.4. The highest BCUT2D eigenvalue weighted by atomic mass is 35.5. The fourth-order valence-corrected chi connectivity index (χ4v) is 5.23. The minimum atomic E-state index is -3.94. The molecule has 0 fully saturated rings. The molecule has 0 aromatic heterocycles. The van der Waals surface area contributed by atoms with Crippen molar-refractivity contribution in [3.8, 4) is 11.5 Å². The number of hydrogen-bond acceptors (Lipinski definition) is 5. The largest absolute Gasteiger partial charge is 0.491 e. The molecule has 3 aromatic carbocycles. The van der Waals surface area contributed by atoms with Gasteiger partial charge in [-0.05, 0) is 67.4 Å². The summed E-state index contributed by atoms with van der Waals surface area (Å²) in [7, 11) is -3.94. The zero-order valence-electron chi connectivity index (χ0n) is 18.8. The molecule has 3 aromatic rings. The predicted octanol–water partition coefficient (Wildman–Crippen LogP) is 4.11.